The Morgan fingerprint density at radius 1 is 0.852 bits per heavy atom. The van der Waals surface area contributed by atoms with Gasteiger partial charge in [-0.3, -0.25) is 9.78 Å². The van der Waals surface area contributed by atoms with Gasteiger partial charge >= 0.3 is 0 Å². The first-order valence-corrected chi connectivity index (χ1v) is 9.41. The summed E-state index contributed by atoms with van der Waals surface area (Å²) in [6, 6.07) is 5.73. The fourth-order valence-electron chi connectivity index (χ4n) is 3.52. The molecule has 1 amide bonds. The second-order valence-corrected chi connectivity index (χ2v) is 7.02. The third kappa shape index (κ3) is 4.00. The molecular weight excluding hydrogens is 342 g/mol. The van der Waals surface area contributed by atoms with E-state index in [2.05, 4.69) is 36.7 Å². The molecule has 0 N–H and O–H groups in total. The van der Waals surface area contributed by atoms with Crippen LogP contribution in [0.1, 0.15) is 10.5 Å². The van der Waals surface area contributed by atoms with Crippen LogP contribution >= 0.6 is 0 Å². The van der Waals surface area contributed by atoms with E-state index in [9.17, 15) is 4.79 Å². The van der Waals surface area contributed by atoms with Gasteiger partial charge in [-0.2, -0.15) is 0 Å². The molecule has 0 aliphatic carbocycles. The van der Waals surface area contributed by atoms with Gasteiger partial charge in [0.25, 0.3) is 5.91 Å². The summed E-state index contributed by atoms with van der Waals surface area (Å²) in [6.07, 6.45) is 5.23. The highest BCUT2D eigenvalue weighted by molar-refractivity contribution is 5.93. The third-order valence-electron chi connectivity index (χ3n) is 5.23. The van der Waals surface area contributed by atoms with E-state index in [0.717, 1.165) is 50.9 Å². The summed E-state index contributed by atoms with van der Waals surface area (Å²) in [6.45, 7) is 6.79. The highest BCUT2D eigenvalue weighted by Crippen LogP contribution is 2.18. The van der Waals surface area contributed by atoms with Gasteiger partial charge in [0.05, 0.1) is 0 Å². The van der Waals surface area contributed by atoms with Gasteiger partial charge in [0.2, 0.25) is 5.95 Å². The van der Waals surface area contributed by atoms with Crippen molar-refractivity contribution in [2.45, 2.75) is 0 Å². The standard InChI is InChI=1S/C19H25N7O/c1-23-7-9-24(10-8-23)16-3-6-20-17(15-16)18(27)25-11-13-26(14-12-25)19-21-4-2-5-22-19/h2-6,15H,7-14H2,1H3. The lowest BCUT2D eigenvalue weighted by Gasteiger charge is -2.35. The molecule has 8 nitrogen and oxygen atoms in total. The maximum absolute atomic E-state index is 12.9. The Balaban J connectivity index is 1.39. The molecule has 2 fully saturated rings. The normalized spacial score (nSPS) is 18.6. The number of hydrogen-bond acceptors (Lipinski definition) is 7. The first-order valence-electron chi connectivity index (χ1n) is 9.41. The SMILES string of the molecule is CN1CCN(c2ccnc(C(=O)N3CCN(c4ncccn4)CC3)c2)CC1. The zero-order valence-corrected chi connectivity index (χ0v) is 15.7. The number of pyridine rings is 1. The lowest BCUT2D eigenvalue weighted by Crippen LogP contribution is -2.49. The molecule has 2 saturated heterocycles. The van der Waals surface area contributed by atoms with Crippen molar-refractivity contribution in [2.75, 3.05) is 69.2 Å². The van der Waals surface area contributed by atoms with E-state index in [1.165, 1.54) is 0 Å². The monoisotopic (exact) mass is 367 g/mol. The van der Waals surface area contributed by atoms with Crippen molar-refractivity contribution in [3.8, 4) is 0 Å². The summed E-state index contributed by atoms with van der Waals surface area (Å²) >= 11 is 0. The third-order valence-corrected chi connectivity index (χ3v) is 5.23. The summed E-state index contributed by atoms with van der Waals surface area (Å²) in [7, 11) is 2.14. The van der Waals surface area contributed by atoms with Gasteiger partial charge in [-0.1, -0.05) is 0 Å². The molecule has 8 heteroatoms. The van der Waals surface area contributed by atoms with E-state index in [0.29, 0.717) is 18.8 Å². The van der Waals surface area contributed by atoms with E-state index in [1.807, 2.05) is 23.1 Å². The van der Waals surface area contributed by atoms with Gasteiger partial charge in [-0.25, -0.2) is 9.97 Å². The quantitative estimate of drug-likeness (QED) is 0.786. The Bertz CT molecular complexity index is 769. The highest BCUT2D eigenvalue weighted by Gasteiger charge is 2.25. The molecule has 142 valence electrons. The van der Waals surface area contributed by atoms with E-state index >= 15 is 0 Å². The molecule has 0 spiro atoms. The van der Waals surface area contributed by atoms with Gasteiger partial charge in [0.1, 0.15) is 5.69 Å². The first kappa shape index (κ1) is 17.7. The van der Waals surface area contributed by atoms with Crippen LogP contribution in [-0.2, 0) is 0 Å². The molecule has 0 aromatic carbocycles. The van der Waals surface area contributed by atoms with Gasteiger partial charge in [-0.05, 0) is 25.2 Å². The molecule has 0 radical (unpaired) electrons. The fourth-order valence-corrected chi connectivity index (χ4v) is 3.52. The number of rotatable bonds is 3. The summed E-state index contributed by atoms with van der Waals surface area (Å²) in [5, 5.41) is 0. The molecule has 4 rings (SSSR count). The van der Waals surface area contributed by atoms with E-state index < -0.39 is 0 Å². The van der Waals surface area contributed by atoms with E-state index in [1.54, 1.807) is 18.6 Å². The van der Waals surface area contributed by atoms with Gasteiger partial charge in [0, 0.05) is 76.6 Å². The number of amides is 1. The first-order chi connectivity index (χ1) is 13.2. The van der Waals surface area contributed by atoms with Crippen LogP contribution < -0.4 is 9.80 Å². The number of likely N-dealkylation sites (N-methyl/N-ethyl adjacent to an activating group) is 1. The second-order valence-electron chi connectivity index (χ2n) is 7.02. The maximum atomic E-state index is 12.9. The zero-order valence-electron chi connectivity index (χ0n) is 15.7. The number of carbonyl (C=O) groups excluding carboxylic acids is 1. The molecule has 2 aromatic heterocycles. The molecule has 0 saturated carbocycles. The molecular formula is C19H25N7O. The average molecular weight is 367 g/mol. The Morgan fingerprint density at radius 2 is 1.52 bits per heavy atom. The van der Waals surface area contributed by atoms with E-state index in [4.69, 9.17) is 0 Å². The minimum absolute atomic E-state index is 0.000363. The maximum Gasteiger partial charge on any atom is 0.272 e. The molecule has 0 atom stereocenters. The van der Waals surface area contributed by atoms with Gasteiger partial charge < -0.3 is 19.6 Å². The predicted octanol–water partition coefficient (Wildman–Crippen LogP) is 0.586. The van der Waals surface area contributed by atoms with Crippen molar-refractivity contribution in [3.63, 3.8) is 0 Å². The van der Waals surface area contributed by atoms with Gasteiger partial charge in [-0.15, -0.1) is 0 Å². The van der Waals surface area contributed by atoms with Crippen LogP contribution in [0.2, 0.25) is 0 Å². The van der Waals surface area contributed by atoms with Crippen LogP contribution in [0.3, 0.4) is 0 Å². The van der Waals surface area contributed by atoms with Crippen molar-refractivity contribution >= 4 is 17.5 Å². The molecule has 0 unspecified atom stereocenters. The summed E-state index contributed by atoms with van der Waals surface area (Å²) in [5.41, 5.74) is 1.61. The number of carbonyl (C=O) groups is 1. The lowest BCUT2D eigenvalue weighted by atomic mass is 10.2. The zero-order chi connectivity index (χ0) is 18.6. The van der Waals surface area contributed by atoms with Crippen LogP contribution in [0.15, 0.2) is 36.8 Å². The topological polar surface area (TPSA) is 68.7 Å². The minimum Gasteiger partial charge on any atom is -0.369 e. The molecule has 27 heavy (non-hydrogen) atoms. The van der Waals surface area contributed by atoms with Crippen molar-refractivity contribution in [2.24, 2.45) is 0 Å². The fraction of sp³-hybridized carbons (Fsp3) is 0.474. The Morgan fingerprint density at radius 3 is 2.22 bits per heavy atom. The van der Waals surface area contributed by atoms with Crippen LogP contribution in [-0.4, -0.2) is 90.1 Å². The number of hydrogen-bond donors (Lipinski definition) is 0. The van der Waals surface area contributed by atoms with Crippen LogP contribution in [0.5, 0.6) is 0 Å². The number of nitrogens with zero attached hydrogens (tertiary/aromatic N) is 7. The Hall–Kier alpha value is -2.74. The molecule has 2 aromatic rings. The molecule has 0 bridgehead atoms. The Kier molecular flexibility index (Phi) is 5.15. The smallest absolute Gasteiger partial charge is 0.272 e. The number of piperazine rings is 2. The lowest BCUT2D eigenvalue weighted by molar-refractivity contribution is 0.0740. The molecule has 2 aliphatic heterocycles. The second kappa shape index (κ2) is 7.87. The van der Waals surface area contributed by atoms with Crippen LogP contribution in [0.25, 0.3) is 0 Å². The summed E-state index contributed by atoms with van der Waals surface area (Å²) in [5.74, 6) is 0.722. The van der Waals surface area contributed by atoms with E-state index in [-0.39, 0.29) is 5.91 Å². The van der Waals surface area contributed by atoms with Crippen LogP contribution in [0.4, 0.5) is 11.6 Å². The van der Waals surface area contributed by atoms with Crippen molar-refractivity contribution in [1.82, 2.24) is 24.8 Å². The van der Waals surface area contributed by atoms with Gasteiger partial charge in [0.15, 0.2) is 0 Å². The largest absolute Gasteiger partial charge is 0.369 e. The summed E-state index contributed by atoms with van der Waals surface area (Å²) < 4.78 is 0. The average Bonchev–Trinajstić information content (AvgIpc) is 2.75. The molecule has 4 heterocycles. The predicted molar refractivity (Wildman–Crippen MR) is 104 cm³/mol. The summed E-state index contributed by atoms with van der Waals surface area (Å²) in [4.78, 5) is 34.5. The van der Waals surface area contributed by atoms with Crippen molar-refractivity contribution in [1.29, 1.82) is 0 Å². The molecule has 2 aliphatic rings. The minimum atomic E-state index is -0.000363. The highest BCUT2D eigenvalue weighted by atomic mass is 16.2. The number of anilines is 2. The van der Waals surface area contributed by atoms with Crippen molar-refractivity contribution in [3.05, 3.63) is 42.5 Å². The Labute approximate surface area is 159 Å². The van der Waals surface area contributed by atoms with Crippen LogP contribution in [0, 0.1) is 0 Å². The van der Waals surface area contributed by atoms with Crippen molar-refractivity contribution < 1.29 is 4.79 Å². The number of aromatic nitrogens is 3.